The van der Waals surface area contributed by atoms with Crippen molar-refractivity contribution in [1.29, 1.82) is 0 Å². The van der Waals surface area contributed by atoms with Crippen LogP contribution in [0.15, 0.2) is 18.5 Å². The third-order valence-electron chi connectivity index (χ3n) is 3.94. The van der Waals surface area contributed by atoms with Crippen molar-refractivity contribution in [1.82, 2.24) is 14.5 Å². The quantitative estimate of drug-likeness (QED) is 0.515. The maximum atomic E-state index is 11.5. The number of nitro groups is 1. The van der Waals surface area contributed by atoms with Crippen molar-refractivity contribution in [2.24, 2.45) is 0 Å². The van der Waals surface area contributed by atoms with Gasteiger partial charge in [-0.05, 0) is 13.3 Å². The van der Waals surface area contributed by atoms with Crippen LogP contribution in [0.2, 0.25) is 0 Å². The molecule has 1 aliphatic rings. The molecule has 0 aromatic carbocycles. The number of nitrogens with one attached hydrogen (secondary N) is 1. The van der Waals surface area contributed by atoms with Gasteiger partial charge < -0.3 is 14.6 Å². The zero-order chi connectivity index (χ0) is 17.3. The van der Waals surface area contributed by atoms with Crippen LogP contribution in [0.1, 0.15) is 28.3 Å². The standard InChI is InChI=1S/C15H17N5O4/c1-9-7-19-8-11(3-4-13(19)17-9)18-14-12(20(22)23)5-10(6-16-14)15(21)24-2/h5-7,11H,3-4,8H2,1-2H3,(H,16,18). The molecule has 9 heteroatoms. The summed E-state index contributed by atoms with van der Waals surface area (Å²) < 4.78 is 6.62. The number of methoxy groups -OCH3 is 1. The van der Waals surface area contributed by atoms with E-state index in [1.54, 1.807) is 0 Å². The lowest BCUT2D eigenvalue weighted by atomic mass is 10.1. The Labute approximate surface area is 137 Å². The van der Waals surface area contributed by atoms with E-state index in [1.165, 1.54) is 19.4 Å². The van der Waals surface area contributed by atoms with Crippen LogP contribution in [-0.2, 0) is 17.7 Å². The summed E-state index contributed by atoms with van der Waals surface area (Å²) in [6.45, 7) is 2.60. The molecule has 0 aliphatic carbocycles. The van der Waals surface area contributed by atoms with Crippen LogP contribution in [-0.4, -0.2) is 38.6 Å². The SMILES string of the molecule is COC(=O)c1cnc(NC2CCc3nc(C)cn3C2)c([N+](=O)[O-])c1. The molecule has 0 fully saturated rings. The average Bonchev–Trinajstić information content (AvgIpc) is 2.93. The van der Waals surface area contributed by atoms with Gasteiger partial charge in [0.25, 0.3) is 0 Å². The molecule has 0 saturated heterocycles. The third kappa shape index (κ3) is 3.05. The summed E-state index contributed by atoms with van der Waals surface area (Å²) in [4.78, 5) is 30.7. The van der Waals surface area contributed by atoms with Gasteiger partial charge in [-0.15, -0.1) is 0 Å². The molecule has 1 N–H and O–H groups in total. The summed E-state index contributed by atoms with van der Waals surface area (Å²) in [5.41, 5.74) is 0.758. The van der Waals surface area contributed by atoms with Gasteiger partial charge in [0.1, 0.15) is 5.82 Å². The lowest BCUT2D eigenvalue weighted by molar-refractivity contribution is -0.384. The fourth-order valence-electron chi connectivity index (χ4n) is 2.83. The first-order valence-corrected chi connectivity index (χ1v) is 7.50. The van der Waals surface area contributed by atoms with Crippen molar-refractivity contribution < 1.29 is 14.5 Å². The zero-order valence-electron chi connectivity index (χ0n) is 13.4. The molecule has 1 unspecified atom stereocenters. The van der Waals surface area contributed by atoms with Crippen molar-refractivity contribution in [3.63, 3.8) is 0 Å². The molecule has 1 atom stereocenters. The van der Waals surface area contributed by atoms with Gasteiger partial charge >= 0.3 is 11.7 Å². The van der Waals surface area contributed by atoms with Gasteiger partial charge in [0.05, 0.1) is 23.3 Å². The number of ether oxygens (including phenoxy) is 1. The molecular weight excluding hydrogens is 314 g/mol. The number of hydrogen-bond acceptors (Lipinski definition) is 7. The van der Waals surface area contributed by atoms with E-state index < -0.39 is 10.9 Å². The molecular formula is C15H17N5O4. The normalized spacial score (nSPS) is 16.3. The fourth-order valence-corrected chi connectivity index (χ4v) is 2.83. The lowest BCUT2D eigenvalue weighted by Gasteiger charge is -2.25. The summed E-state index contributed by atoms with van der Waals surface area (Å²) in [6, 6.07) is 1.18. The first-order valence-electron chi connectivity index (χ1n) is 7.50. The number of hydrogen-bond donors (Lipinski definition) is 1. The highest BCUT2D eigenvalue weighted by Crippen LogP contribution is 2.26. The largest absolute Gasteiger partial charge is 0.465 e. The summed E-state index contributed by atoms with van der Waals surface area (Å²) in [5.74, 6) is 0.514. The van der Waals surface area contributed by atoms with Gasteiger partial charge in [0, 0.05) is 37.5 Å². The average molecular weight is 331 g/mol. The minimum absolute atomic E-state index is 0.00118. The predicted molar refractivity (Wildman–Crippen MR) is 84.9 cm³/mol. The van der Waals surface area contributed by atoms with Gasteiger partial charge in [-0.25, -0.2) is 14.8 Å². The molecule has 0 amide bonds. The molecule has 1 aliphatic heterocycles. The number of carbonyl (C=O) groups is 1. The summed E-state index contributed by atoms with van der Waals surface area (Å²) in [5, 5.41) is 14.4. The molecule has 2 aromatic rings. The topological polar surface area (TPSA) is 112 Å². The Morgan fingerprint density at radius 2 is 2.33 bits per heavy atom. The number of fused-ring (bicyclic) bond motifs is 1. The Balaban J connectivity index is 1.82. The first-order chi connectivity index (χ1) is 11.5. The number of rotatable bonds is 4. The van der Waals surface area contributed by atoms with E-state index in [2.05, 4.69) is 20.0 Å². The number of aromatic nitrogens is 3. The van der Waals surface area contributed by atoms with Crippen LogP contribution < -0.4 is 5.32 Å². The number of carbonyl (C=O) groups excluding carboxylic acids is 1. The zero-order valence-corrected chi connectivity index (χ0v) is 13.4. The number of aryl methyl sites for hydroxylation is 2. The van der Waals surface area contributed by atoms with E-state index in [9.17, 15) is 14.9 Å². The van der Waals surface area contributed by atoms with E-state index in [1.807, 2.05) is 17.7 Å². The summed E-state index contributed by atoms with van der Waals surface area (Å²) in [6.07, 6.45) is 4.83. The number of pyridine rings is 1. The minimum Gasteiger partial charge on any atom is -0.465 e. The third-order valence-corrected chi connectivity index (χ3v) is 3.94. The van der Waals surface area contributed by atoms with Crippen molar-refractivity contribution in [3.8, 4) is 0 Å². The monoisotopic (exact) mass is 331 g/mol. The highest BCUT2D eigenvalue weighted by atomic mass is 16.6. The Hall–Kier alpha value is -2.97. The smallest absolute Gasteiger partial charge is 0.339 e. The molecule has 3 heterocycles. The number of imidazole rings is 1. The number of esters is 1. The van der Waals surface area contributed by atoms with Crippen LogP contribution in [0.25, 0.3) is 0 Å². The van der Waals surface area contributed by atoms with Crippen molar-refractivity contribution in [2.45, 2.75) is 32.4 Å². The minimum atomic E-state index is -0.659. The van der Waals surface area contributed by atoms with Gasteiger partial charge in [0.2, 0.25) is 5.82 Å². The molecule has 0 saturated carbocycles. The second-order valence-corrected chi connectivity index (χ2v) is 5.67. The van der Waals surface area contributed by atoms with Crippen molar-refractivity contribution >= 4 is 17.5 Å². The molecule has 0 radical (unpaired) electrons. The van der Waals surface area contributed by atoms with E-state index in [4.69, 9.17) is 0 Å². The van der Waals surface area contributed by atoms with Crippen LogP contribution in [0, 0.1) is 17.0 Å². The first kappa shape index (κ1) is 15.9. The van der Waals surface area contributed by atoms with E-state index in [-0.39, 0.29) is 23.1 Å². The van der Waals surface area contributed by atoms with Gasteiger partial charge in [0.15, 0.2) is 0 Å². The fraction of sp³-hybridized carbons (Fsp3) is 0.400. The Morgan fingerprint density at radius 1 is 1.54 bits per heavy atom. The number of nitrogens with zero attached hydrogens (tertiary/aromatic N) is 4. The molecule has 2 aromatic heterocycles. The van der Waals surface area contributed by atoms with Crippen molar-refractivity contribution in [3.05, 3.63) is 45.7 Å². The summed E-state index contributed by atoms with van der Waals surface area (Å²) in [7, 11) is 1.22. The highest BCUT2D eigenvalue weighted by Gasteiger charge is 2.25. The predicted octanol–water partition coefficient (Wildman–Crippen LogP) is 1.71. The van der Waals surface area contributed by atoms with Crippen LogP contribution in [0.4, 0.5) is 11.5 Å². The maximum Gasteiger partial charge on any atom is 0.339 e. The Bertz CT molecular complexity index is 801. The highest BCUT2D eigenvalue weighted by molar-refractivity contribution is 5.90. The molecule has 126 valence electrons. The lowest BCUT2D eigenvalue weighted by Crippen LogP contribution is -2.31. The van der Waals surface area contributed by atoms with Crippen molar-refractivity contribution in [2.75, 3.05) is 12.4 Å². The van der Waals surface area contributed by atoms with Gasteiger partial charge in [-0.3, -0.25) is 10.1 Å². The maximum absolute atomic E-state index is 11.5. The molecule has 24 heavy (non-hydrogen) atoms. The van der Waals surface area contributed by atoms with E-state index >= 15 is 0 Å². The molecule has 3 rings (SSSR count). The van der Waals surface area contributed by atoms with Gasteiger partial charge in [-0.1, -0.05) is 0 Å². The van der Waals surface area contributed by atoms with Gasteiger partial charge in [-0.2, -0.15) is 0 Å². The molecule has 9 nitrogen and oxygen atoms in total. The van der Waals surface area contributed by atoms with Crippen LogP contribution in [0.5, 0.6) is 0 Å². The van der Waals surface area contributed by atoms with Crippen LogP contribution >= 0.6 is 0 Å². The van der Waals surface area contributed by atoms with E-state index in [0.29, 0.717) is 6.54 Å². The van der Waals surface area contributed by atoms with Crippen LogP contribution in [0.3, 0.4) is 0 Å². The second-order valence-electron chi connectivity index (χ2n) is 5.67. The molecule has 0 bridgehead atoms. The Kier molecular flexibility index (Phi) is 4.15. The summed E-state index contributed by atoms with van der Waals surface area (Å²) >= 11 is 0. The Morgan fingerprint density at radius 3 is 3.04 bits per heavy atom. The molecule has 0 spiro atoms. The number of anilines is 1. The second kappa shape index (κ2) is 6.26. The van der Waals surface area contributed by atoms with E-state index in [0.717, 1.165) is 24.4 Å².